The smallest absolute Gasteiger partial charge is 0.406 e. The fourth-order valence-electron chi connectivity index (χ4n) is 4.10. The summed E-state index contributed by atoms with van der Waals surface area (Å²) in [5.74, 6) is -0.149. The zero-order valence-electron chi connectivity index (χ0n) is 15.0. The van der Waals surface area contributed by atoms with Gasteiger partial charge in [0.1, 0.15) is 5.75 Å². The van der Waals surface area contributed by atoms with Crippen molar-refractivity contribution < 1.29 is 27.8 Å². The van der Waals surface area contributed by atoms with E-state index in [1.54, 1.807) is 4.90 Å². The molecule has 0 aromatic heterocycles. The average Bonchev–Trinajstić information content (AvgIpc) is 2.87. The van der Waals surface area contributed by atoms with E-state index in [0.29, 0.717) is 44.3 Å². The van der Waals surface area contributed by atoms with Crippen molar-refractivity contribution in [3.63, 3.8) is 0 Å². The van der Waals surface area contributed by atoms with Gasteiger partial charge in [0.2, 0.25) is 5.91 Å². The summed E-state index contributed by atoms with van der Waals surface area (Å²) < 4.78 is 40.6. The highest BCUT2D eigenvalue weighted by molar-refractivity contribution is 6.00. The molecule has 1 aliphatic heterocycles. The minimum Gasteiger partial charge on any atom is -0.406 e. The number of aliphatic hydroxyl groups is 1. The molecule has 1 saturated carbocycles. The number of anilines is 1. The van der Waals surface area contributed by atoms with E-state index in [4.69, 9.17) is 0 Å². The molecule has 1 amide bonds. The summed E-state index contributed by atoms with van der Waals surface area (Å²) in [4.78, 5) is 14.6. The quantitative estimate of drug-likeness (QED) is 0.863. The predicted molar refractivity (Wildman–Crippen MR) is 90.8 cm³/mol. The predicted octanol–water partition coefficient (Wildman–Crippen LogP) is 4.27. The van der Waals surface area contributed by atoms with Gasteiger partial charge in [0.15, 0.2) is 0 Å². The summed E-state index contributed by atoms with van der Waals surface area (Å²) in [6.07, 6.45) is -1.53. The maximum absolute atomic E-state index is 13.0. The Hall–Kier alpha value is -1.76. The van der Waals surface area contributed by atoms with Gasteiger partial charge in [-0.2, -0.15) is 0 Å². The van der Waals surface area contributed by atoms with Crippen LogP contribution < -0.4 is 9.64 Å². The molecule has 26 heavy (non-hydrogen) atoms. The van der Waals surface area contributed by atoms with Crippen LogP contribution in [0.2, 0.25) is 0 Å². The SMILES string of the molecule is CC(C)[C@]1(O)CC[C@]2(CCN(c3ccc(OC(F)(F)F)cc3)C2=O)CC1. The molecule has 1 aromatic carbocycles. The summed E-state index contributed by atoms with van der Waals surface area (Å²) in [7, 11) is 0. The Bertz CT molecular complexity index is 662. The number of benzene rings is 1. The Balaban J connectivity index is 1.70. The molecule has 3 rings (SSSR count). The van der Waals surface area contributed by atoms with Crippen molar-refractivity contribution in [2.45, 2.75) is 57.9 Å². The van der Waals surface area contributed by atoms with E-state index in [-0.39, 0.29) is 17.6 Å². The first-order valence-electron chi connectivity index (χ1n) is 8.95. The molecule has 1 aliphatic carbocycles. The maximum Gasteiger partial charge on any atom is 0.573 e. The summed E-state index contributed by atoms with van der Waals surface area (Å²) >= 11 is 0. The molecule has 1 saturated heterocycles. The van der Waals surface area contributed by atoms with Gasteiger partial charge < -0.3 is 14.7 Å². The van der Waals surface area contributed by atoms with E-state index in [1.165, 1.54) is 24.3 Å². The van der Waals surface area contributed by atoms with Crippen molar-refractivity contribution in [3.05, 3.63) is 24.3 Å². The molecule has 1 spiro atoms. The molecule has 0 bridgehead atoms. The van der Waals surface area contributed by atoms with Crippen LogP contribution in [0.1, 0.15) is 46.0 Å². The zero-order chi connectivity index (χ0) is 19.2. The van der Waals surface area contributed by atoms with Gasteiger partial charge in [-0.3, -0.25) is 4.79 Å². The van der Waals surface area contributed by atoms with Gasteiger partial charge in [-0.05, 0) is 62.3 Å². The third-order valence-electron chi connectivity index (χ3n) is 6.04. The second kappa shape index (κ2) is 6.44. The van der Waals surface area contributed by atoms with E-state index in [1.807, 2.05) is 13.8 Å². The van der Waals surface area contributed by atoms with Crippen LogP contribution in [0.4, 0.5) is 18.9 Å². The van der Waals surface area contributed by atoms with Crippen molar-refractivity contribution in [2.24, 2.45) is 11.3 Å². The summed E-state index contributed by atoms with van der Waals surface area (Å²) in [6, 6.07) is 5.40. The Morgan fingerprint density at radius 3 is 2.15 bits per heavy atom. The van der Waals surface area contributed by atoms with Crippen molar-refractivity contribution in [1.29, 1.82) is 0 Å². The van der Waals surface area contributed by atoms with E-state index >= 15 is 0 Å². The van der Waals surface area contributed by atoms with Crippen LogP contribution in [0, 0.1) is 11.3 Å². The van der Waals surface area contributed by atoms with Gasteiger partial charge in [-0.25, -0.2) is 0 Å². The Morgan fingerprint density at radius 1 is 1.08 bits per heavy atom. The van der Waals surface area contributed by atoms with E-state index in [2.05, 4.69) is 4.74 Å². The first-order chi connectivity index (χ1) is 12.0. The van der Waals surface area contributed by atoms with Crippen LogP contribution in [0.15, 0.2) is 24.3 Å². The second-order valence-electron chi connectivity index (χ2n) is 7.79. The van der Waals surface area contributed by atoms with Crippen LogP contribution in [-0.4, -0.2) is 29.5 Å². The summed E-state index contributed by atoms with van der Waals surface area (Å²) in [5.41, 5.74) is -0.594. The highest BCUT2D eigenvalue weighted by Gasteiger charge is 2.52. The van der Waals surface area contributed by atoms with Gasteiger partial charge in [-0.1, -0.05) is 13.8 Å². The van der Waals surface area contributed by atoms with Crippen molar-refractivity contribution in [2.75, 3.05) is 11.4 Å². The number of ether oxygens (including phenoxy) is 1. The third kappa shape index (κ3) is 3.54. The topological polar surface area (TPSA) is 49.8 Å². The number of alkyl halides is 3. The van der Waals surface area contributed by atoms with Crippen molar-refractivity contribution >= 4 is 11.6 Å². The molecule has 2 fully saturated rings. The highest BCUT2D eigenvalue weighted by Crippen LogP contribution is 2.50. The molecular weight excluding hydrogens is 347 g/mol. The number of carbonyl (C=O) groups is 1. The van der Waals surface area contributed by atoms with Crippen LogP contribution in [0.3, 0.4) is 0 Å². The van der Waals surface area contributed by atoms with Crippen LogP contribution in [0.5, 0.6) is 5.75 Å². The number of hydrogen-bond acceptors (Lipinski definition) is 3. The highest BCUT2D eigenvalue weighted by atomic mass is 19.4. The molecule has 0 atom stereocenters. The lowest BCUT2D eigenvalue weighted by atomic mass is 9.65. The maximum atomic E-state index is 13.0. The van der Waals surface area contributed by atoms with Gasteiger partial charge in [0.05, 0.1) is 11.0 Å². The third-order valence-corrected chi connectivity index (χ3v) is 6.04. The van der Waals surface area contributed by atoms with Gasteiger partial charge in [0.25, 0.3) is 0 Å². The monoisotopic (exact) mass is 371 g/mol. The lowest BCUT2D eigenvalue weighted by Crippen LogP contribution is -2.46. The molecule has 4 nitrogen and oxygen atoms in total. The zero-order valence-corrected chi connectivity index (χ0v) is 15.0. The van der Waals surface area contributed by atoms with E-state index in [0.717, 1.165) is 0 Å². The number of hydrogen-bond donors (Lipinski definition) is 1. The molecule has 2 aliphatic rings. The van der Waals surface area contributed by atoms with Gasteiger partial charge in [0, 0.05) is 12.2 Å². The Kier molecular flexibility index (Phi) is 4.71. The van der Waals surface area contributed by atoms with Crippen molar-refractivity contribution in [1.82, 2.24) is 0 Å². The molecule has 1 N–H and O–H groups in total. The standard InChI is InChI=1S/C19H24F3NO3/c1-13(2)18(25)9-7-17(8-10-18)11-12-23(16(17)24)14-3-5-15(6-4-14)26-19(20,21)22/h3-6,13,25H,7-12H2,1-2H3/t17-,18+. The normalized spacial score (nSPS) is 29.7. The minimum absolute atomic E-state index is 0.00722. The van der Waals surface area contributed by atoms with Crippen LogP contribution >= 0.6 is 0 Å². The Morgan fingerprint density at radius 2 is 1.65 bits per heavy atom. The van der Waals surface area contributed by atoms with Crippen molar-refractivity contribution in [3.8, 4) is 5.75 Å². The molecule has 1 aromatic rings. The first kappa shape index (κ1) is 19.0. The number of carbonyl (C=O) groups excluding carboxylic acids is 1. The molecule has 1 heterocycles. The number of halogens is 3. The number of nitrogens with zero attached hydrogens (tertiary/aromatic N) is 1. The first-order valence-corrected chi connectivity index (χ1v) is 8.95. The van der Waals surface area contributed by atoms with Crippen LogP contribution in [0.25, 0.3) is 0 Å². The number of amides is 1. The lowest BCUT2D eigenvalue weighted by Gasteiger charge is -2.43. The molecule has 7 heteroatoms. The molecular formula is C19H24F3NO3. The Labute approximate surface area is 150 Å². The lowest BCUT2D eigenvalue weighted by molar-refractivity contribution is -0.274. The fraction of sp³-hybridized carbons (Fsp3) is 0.632. The second-order valence-corrected chi connectivity index (χ2v) is 7.79. The van der Waals surface area contributed by atoms with Crippen LogP contribution in [-0.2, 0) is 4.79 Å². The number of rotatable bonds is 3. The molecule has 144 valence electrons. The summed E-state index contributed by atoms with van der Waals surface area (Å²) in [6.45, 7) is 4.52. The van der Waals surface area contributed by atoms with E-state index < -0.39 is 17.4 Å². The van der Waals surface area contributed by atoms with Gasteiger partial charge in [-0.15, -0.1) is 13.2 Å². The molecule has 0 unspecified atom stereocenters. The fourth-order valence-corrected chi connectivity index (χ4v) is 4.10. The minimum atomic E-state index is -4.73. The van der Waals surface area contributed by atoms with E-state index in [9.17, 15) is 23.1 Å². The van der Waals surface area contributed by atoms with Gasteiger partial charge >= 0.3 is 6.36 Å². The molecule has 0 radical (unpaired) electrons. The summed E-state index contributed by atoms with van der Waals surface area (Å²) in [5, 5.41) is 10.7. The largest absolute Gasteiger partial charge is 0.573 e. The average molecular weight is 371 g/mol.